The van der Waals surface area contributed by atoms with Crippen LogP contribution in [0.4, 0.5) is 4.39 Å². The lowest BCUT2D eigenvalue weighted by Crippen LogP contribution is -2.48. The summed E-state index contributed by atoms with van der Waals surface area (Å²) in [5, 5.41) is 3.40. The number of aromatic nitrogens is 1. The monoisotopic (exact) mass is 321 g/mol. The Bertz CT molecular complexity index is 606. The molecule has 3 rings (SSSR count). The van der Waals surface area contributed by atoms with Crippen molar-refractivity contribution >= 4 is 12.4 Å². The highest BCUT2D eigenvalue weighted by Crippen LogP contribution is 2.22. The SMILES string of the molecule is C[C@@H]1CN(Cc2ccc(-c3ccncc3)cc2F)CCN1.Cl. The van der Waals surface area contributed by atoms with Crippen LogP contribution in [0.15, 0.2) is 42.7 Å². The third-order valence-corrected chi connectivity index (χ3v) is 3.91. The van der Waals surface area contributed by atoms with E-state index in [2.05, 4.69) is 22.1 Å². The van der Waals surface area contributed by atoms with Crippen molar-refractivity contribution in [2.45, 2.75) is 19.5 Å². The second kappa shape index (κ2) is 7.68. The first-order valence-electron chi connectivity index (χ1n) is 7.37. The number of hydrogen-bond acceptors (Lipinski definition) is 3. The Morgan fingerprint density at radius 1 is 1.23 bits per heavy atom. The molecule has 1 fully saturated rings. The number of piperazine rings is 1. The van der Waals surface area contributed by atoms with Crippen molar-refractivity contribution in [3.63, 3.8) is 0 Å². The second-order valence-corrected chi connectivity index (χ2v) is 5.63. The highest BCUT2D eigenvalue weighted by Gasteiger charge is 2.17. The third kappa shape index (κ3) is 4.03. The lowest BCUT2D eigenvalue weighted by molar-refractivity contribution is 0.197. The van der Waals surface area contributed by atoms with Crippen molar-refractivity contribution < 1.29 is 4.39 Å². The van der Waals surface area contributed by atoms with E-state index in [0.29, 0.717) is 12.6 Å². The number of nitrogens with one attached hydrogen (secondary N) is 1. The van der Waals surface area contributed by atoms with Crippen LogP contribution in [0.1, 0.15) is 12.5 Å². The molecule has 2 heterocycles. The smallest absolute Gasteiger partial charge is 0.128 e. The van der Waals surface area contributed by atoms with Crippen LogP contribution in [0.3, 0.4) is 0 Å². The van der Waals surface area contributed by atoms with E-state index in [9.17, 15) is 4.39 Å². The standard InChI is InChI=1S/C17H20FN3.ClH/c1-13-11-21(9-8-20-13)12-16-3-2-15(10-17(16)18)14-4-6-19-7-5-14;/h2-7,10,13,20H,8-9,11-12H2,1H3;1H/t13-;/m1./s1. The van der Waals surface area contributed by atoms with E-state index in [-0.39, 0.29) is 18.2 Å². The maximum absolute atomic E-state index is 14.3. The molecule has 1 N–H and O–H groups in total. The Labute approximate surface area is 137 Å². The fourth-order valence-electron chi connectivity index (χ4n) is 2.80. The molecule has 5 heteroatoms. The average molecular weight is 322 g/mol. The molecule has 1 saturated heterocycles. The Morgan fingerprint density at radius 2 is 2.00 bits per heavy atom. The van der Waals surface area contributed by atoms with Gasteiger partial charge in [-0.3, -0.25) is 9.88 Å². The van der Waals surface area contributed by atoms with Crippen molar-refractivity contribution in [2.24, 2.45) is 0 Å². The summed E-state index contributed by atoms with van der Waals surface area (Å²) < 4.78 is 14.3. The topological polar surface area (TPSA) is 28.2 Å². The van der Waals surface area contributed by atoms with Crippen LogP contribution >= 0.6 is 12.4 Å². The Morgan fingerprint density at radius 3 is 2.68 bits per heavy atom. The number of pyridine rings is 1. The summed E-state index contributed by atoms with van der Waals surface area (Å²) in [6, 6.07) is 9.77. The first-order valence-corrected chi connectivity index (χ1v) is 7.37. The van der Waals surface area contributed by atoms with Gasteiger partial charge in [0, 0.05) is 50.2 Å². The minimum absolute atomic E-state index is 0. The zero-order valence-electron chi connectivity index (χ0n) is 12.6. The van der Waals surface area contributed by atoms with E-state index >= 15 is 0 Å². The van der Waals surface area contributed by atoms with Crippen LogP contribution in [0, 0.1) is 5.82 Å². The Kier molecular flexibility index (Phi) is 5.89. The Hall–Kier alpha value is -1.49. The number of benzene rings is 1. The average Bonchev–Trinajstić information content (AvgIpc) is 2.50. The van der Waals surface area contributed by atoms with Gasteiger partial charge in [-0.25, -0.2) is 4.39 Å². The zero-order chi connectivity index (χ0) is 14.7. The van der Waals surface area contributed by atoms with E-state index in [4.69, 9.17) is 0 Å². The minimum atomic E-state index is -0.129. The summed E-state index contributed by atoms with van der Waals surface area (Å²) in [5.74, 6) is -0.129. The van der Waals surface area contributed by atoms with Gasteiger partial charge in [-0.05, 0) is 36.2 Å². The maximum Gasteiger partial charge on any atom is 0.128 e. The summed E-state index contributed by atoms with van der Waals surface area (Å²) >= 11 is 0. The van der Waals surface area contributed by atoms with Gasteiger partial charge >= 0.3 is 0 Å². The molecule has 0 saturated carbocycles. The van der Waals surface area contributed by atoms with Crippen molar-refractivity contribution in [1.29, 1.82) is 0 Å². The van der Waals surface area contributed by atoms with Crippen LogP contribution in [0.5, 0.6) is 0 Å². The molecule has 0 radical (unpaired) electrons. The van der Waals surface area contributed by atoms with E-state index in [1.807, 2.05) is 24.3 Å². The maximum atomic E-state index is 14.3. The first-order chi connectivity index (χ1) is 10.2. The predicted octanol–water partition coefficient (Wildman–Crippen LogP) is 3.10. The van der Waals surface area contributed by atoms with Crippen molar-refractivity contribution in [3.05, 3.63) is 54.1 Å². The summed E-state index contributed by atoms with van der Waals surface area (Å²) in [6.45, 7) is 5.74. The van der Waals surface area contributed by atoms with Gasteiger partial charge in [0.15, 0.2) is 0 Å². The lowest BCUT2D eigenvalue weighted by Gasteiger charge is -2.31. The molecule has 1 aromatic heterocycles. The van der Waals surface area contributed by atoms with Gasteiger partial charge in [0.05, 0.1) is 0 Å². The van der Waals surface area contributed by atoms with Crippen LogP contribution in [0.25, 0.3) is 11.1 Å². The molecule has 1 atom stereocenters. The molecule has 0 amide bonds. The van der Waals surface area contributed by atoms with Gasteiger partial charge in [0.1, 0.15) is 5.82 Å². The molecule has 0 spiro atoms. The summed E-state index contributed by atoms with van der Waals surface area (Å²) in [5.41, 5.74) is 2.65. The lowest BCUT2D eigenvalue weighted by atomic mass is 10.0. The zero-order valence-corrected chi connectivity index (χ0v) is 13.4. The number of halogens is 2. The molecule has 2 aromatic rings. The number of hydrogen-bond donors (Lipinski definition) is 1. The molecule has 1 aromatic carbocycles. The van der Waals surface area contributed by atoms with Crippen LogP contribution in [0.2, 0.25) is 0 Å². The first kappa shape index (κ1) is 16.9. The van der Waals surface area contributed by atoms with Crippen LogP contribution in [-0.2, 0) is 6.54 Å². The van der Waals surface area contributed by atoms with Gasteiger partial charge in [0.25, 0.3) is 0 Å². The van der Waals surface area contributed by atoms with E-state index in [1.165, 1.54) is 0 Å². The van der Waals surface area contributed by atoms with Crippen molar-refractivity contribution in [1.82, 2.24) is 15.2 Å². The fraction of sp³-hybridized carbons (Fsp3) is 0.353. The summed E-state index contributed by atoms with van der Waals surface area (Å²) in [7, 11) is 0. The molecule has 118 valence electrons. The van der Waals surface area contributed by atoms with Crippen LogP contribution in [-0.4, -0.2) is 35.6 Å². The summed E-state index contributed by atoms with van der Waals surface area (Å²) in [6.07, 6.45) is 3.45. The predicted molar refractivity (Wildman–Crippen MR) is 89.6 cm³/mol. The fourth-order valence-corrected chi connectivity index (χ4v) is 2.80. The molecule has 1 aliphatic heterocycles. The minimum Gasteiger partial charge on any atom is -0.312 e. The van der Waals surface area contributed by atoms with Gasteiger partial charge < -0.3 is 5.32 Å². The highest BCUT2D eigenvalue weighted by molar-refractivity contribution is 5.85. The van der Waals surface area contributed by atoms with Crippen LogP contribution < -0.4 is 5.32 Å². The van der Waals surface area contributed by atoms with E-state index < -0.39 is 0 Å². The van der Waals surface area contributed by atoms with Gasteiger partial charge in [-0.2, -0.15) is 0 Å². The quantitative estimate of drug-likeness (QED) is 0.941. The van der Waals surface area contributed by atoms with Gasteiger partial charge in [-0.15, -0.1) is 12.4 Å². The number of rotatable bonds is 3. The molecule has 3 nitrogen and oxygen atoms in total. The molecule has 22 heavy (non-hydrogen) atoms. The van der Waals surface area contributed by atoms with E-state index in [1.54, 1.807) is 18.5 Å². The normalized spacial score (nSPS) is 18.7. The van der Waals surface area contributed by atoms with Crippen molar-refractivity contribution in [2.75, 3.05) is 19.6 Å². The molecule has 0 unspecified atom stereocenters. The second-order valence-electron chi connectivity index (χ2n) is 5.63. The van der Waals surface area contributed by atoms with E-state index in [0.717, 1.165) is 36.3 Å². The highest BCUT2D eigenvalue weighted by atomic mass is 35.5. The molecule has 0 aliphatic carbocycles. The molecule has 0 bridgehead atoms. The molecule has 1 aliphatic rings. The molecular weight excluding hydrogens is 301 g/mol. The Balaban J connectivity index is 0.00000176. The third-order valence-electron chi connectivity index (χ3n) is 3.91. The number of nitrogens with zero attached hydrogens (tertiary/aromatic N) is 2. The molecular formula is C17H21ClFN3. The largest absolute Gasteiger partial charge is 0.312 e. The van der Waals surface area contributed by atoms with Gasteiger partial charge in [-0.1, -0.05) is 12.1 Å². The van der Waals surface area contributed by atoms with Crippen molar-refractivity contribution in [3.8, 4) is 11.1 Å². The van der Waals surface area contributed by atoms with Gasteiger partial charge in [0.2, 0.25) is 0 Å². The summed E-state index contributed by atoms with van der Waals surface area (Å²) in [4.78, 5) is 6.29.